The van der Waals surface area contributed by atoms with Crippen molar-refractivity contribution in [1.29, 1.82) is 5.26 Å². The Bertz CT molecular complexity index is 803. The molecule has 1 N–H and O–H groups in total. The molecule has 0 atom stereocenters. The number of anilines is 1. The number of carbonyl (C=O) groups is 1. The molecule has 0 aliphatic heterocycles. The van der Waals surface area contributed by atoms with Crippen LogP contribution in [0.5, 0.6) is 0 Å². The van der Waals surface area contributed by atoms with Gasteiger partial charge >= 0.3 is 0 Å². The zero-order chi connectivity index (χ0) is 17.0. The van der Waals surface area contributed by atoms with Crippen LogP contribution in [0.3, 0.4) is 0 Å². The largest absolute Gasteiger partial charge is 0.324 e. The molecule has 1 heterocycles. The van der Waals surface area contributed by atoms with Gasteiger partial charge in [0.05, 0.1) is 27.0 Å². The second-order valence-corrected chi connectivity index (χ2v) is 6.56. The van der Waals surface area contributed by atoms with Crippen molar-refractivity contribution in [3.8, 4) is 6.07 Å². The first-order valence-corrected chi connectivity index (χ1v) is 8.41. The van der Waals surface area contributed by atoms with E-state index in [1.54, 1.807) is 18.2 Å². The maximum atomic E-state index is 12.1. The number of nitriles is 1. The van der Waals surface area contributed by atoms with Crippen molar-refractivity contribution in [2.45, 2.75) is 18.9 Å². The summed E-state index contributed by atoms with van der Waals surface area (Å²) in [5.41, 5.74) is 2.61. The number of aromatic nitrogens is 1. The molecular formula is C16H13Cl2N3OS. The van der Waals surface area contributed by atoms with Crippen molar-refractivity contribution in [2.75, 3.05) is 11.1 Å². The van der Waals surface area contributed by atoms with Crippen LogP contribution < -0.4 is 5.32 Å². The van der Waals surface area contributed by atoms with Gasteiger partial charge in [0, 0.05) is 5.69 Å². The van der Waals surface area contributed by atoms with Gasteiger partial charge in [0.15, 0.2) is 0 Å². The van der Waals surface area contributed by atoms with Crippen LogP contribution in [0.25, 0.3) is 0 Å². The smallest absolute Gasteiger partial charge is 0.234 e. The van der Waals surface area contributed by atoms with Gasteiger partial charge in [-0.25, -0.2) is 4.98 Å². The number of pyridine rings is 1. The van der Waals surface area contributed by atoms with Gasteiger partial charge in [0.1, 0.15) is 11.1 Å². The van der Waals surface area contributed by atoms with Gasteiger partial charge in [-0.05, 0) is 37.6 Å². The maximum absolute atomic E-state index is 12.1. The molecule has 2 aromatic rings. The number of nitrogens with zero attached hydrogens (tertiary/aromatic N) is 2. The highest BCUT2D eigenvalue weighted by Gasteiger charge is 2.13. The van der Waals surface area contributed by atoms with Crippen LogP contribution in [-0.4, -0.2) is 16.6 Å². The molecule has 0 aliphatic rings. The number of carbonyl (C=O) groups excluding carboxylic acids is 1. The Balaban J connectivity index is 2.08. The van der Waals surface area contributed by atoms with Gasteiger partial charge in [0.25, 0.3) is 0 Å². The highest BCUT2D eigenvalue weighted by atomic mass is 35.5. The predicted octanol–water partition coefficient (Wildman–Crippen LogP) is 4.61. The third-order valence-electron chi connectivity index (χ3n) is 2.99. The van der Waals surface area contributed by atoms with Gasteiger partial charge in [-0.2, -0.15) is 5.26 Å². The molecule has 7 heteroatoms. The molecule has 2 rings (SSSR count). The van der Waals surface area contributed by atoms with E-state index in [-0.39, 0.29) is 11.7 Å². The lowest BCUT2D eigenvalue weighted by molar-refractivity contribution is -0.113. The second kappa shape index (κ2) is 7.69. The van der Waals surface area contributed by atoms with Crippen LogP contribution in [-0.2, 0) is 4.79 Å². The van der Waals surface area contributed by atoms with E-state index in [4.69, 9.17) is 23.2 Å². The molecular weight excluding hydrogens is 353 g/mol. The molecule has 0 bridgehead atoms. The minimum Gasteiger partial charge on any atom is -0.324 e. The molecule has 0 saturated carbocycles. The summed E-state index contributed by atoms with van der Waals surface area (Å²) in [6, 6.07) is 8.99. The number of thioether (sulfide) groups is 1. The highest BCUT2D eigenvalue weighted by Crippen LogP contribution is 2.30. The summed E-state index contributed by atoms with van der Waals surface area (Å²) < 4.78 is 0. The van der Waals surface area contributed by atoms with E-state index in [1.807, 2.05) is 19.9 Å². The van der Waals surface area contributed by atoms with Crippen LogP contribution in [0.1, 0.15) is 16.8 Å². The zero-order valence-electron chi connectivity index (χ0n) is 12.5. The number of amides is 1. The fourth-order valence-electron chi connectivity index (χ4n) is 1.96. The fraction of sp³-hybridized carbons (Fsp3) is 0.188. The normalized spacial score (nSPS) is 10.2. The number of benzene rings is 1. The van der Waals surface area contributed by atoms with Gasteiger partial charge in [0.2, 0.25) is 5.91 Å². The van der Waals surface area contributed by atoms with E-state index in [0.717, 1.165) is 11.3 Å². The Morgan fingerprint density at radius 1 is 1.39 bits per heavy atom. The first-order chi connectivity index (χ1) is 10.9. The number of hydrogen-bond donors (Lipinski definition) is 1. The fourth-order valence-corrected chi connectivity index (χ4v) is 3.21. The van der Waals surface area contributed by atoms with Crippen LogP contribution >= 0.6 is 35.0 Å². The number of aryl methyl sites for hydroxylation is 2. The molecule has 0 fully saturated rings. The Labute approximate surface area is 148 Å². The van der Waals surface area contributed by atoms with Crippen LogP contribution in [0.4, 0.5) is 5.69 Å². The number of hydrogen-bond acceptors (Lipinski definition) is 4. The second-order valence-electron chi connectivity index (χ2n) is 4.81. The molecule has 118 valence electrons. The molecule has 1 amide bonds. The van der Waals surface area contributed by atoms with E-state index in [1.165, 1.54) is 11.8 Å². The Morgan fingerprint density at radius 2 is 2.13 bits per heavy atom. The molecule has 0 aliphatic carbocycles. The lowest BCUT2D eigenvalue weighted by atomic mass is 10.1. The summed E-state index contributed by atoms with van der Waals surface area (Å²) in [5.74, 6) is -0.128. The number of nitrogens with one attached hydrogen (secondary N) is 1. The summed E-state index contributed by atoms with van der Waals surface area (Å²) in [5, 5.41) is 13.2. The van der Waals surface area contributed by atoms with Gasteiger partial charge in [-0.3, -0.25) is 4.79 Å². The predicted molar refractivity (Wildman–Crippen MR) is 94.2 cm³/mol. The van der Waals surface area contributed by atoms with Crippen molar-refractivity contribution < 1.29 is 4.79 Å². The first-order valence-electron chi connectivity index (χ1n) is 6.67. The summed E-state index contributed by atoms with van der Waals surface area (Å²) in [4.78, 5) is 16.4. The summed E-state index contributed by atoms with van der Waals surface area (Å²) >= 11 is 13.2. The van der Waals surface area contributed by atoms with Crippen molar-refractivity contribution in [2.24, 2.45) is 0 Å². The standard InChI is InChI=1S/C16H13Cl2N3OS/c1-9-6-10(2)20-16(11(9)7-19)23-8-14(22)21-13-5-3-4-12(17)15(13)18/h3-6H,8H2,1-2H3,(H,21,22). The van der Waals surface area contributed by atoms with E-state index >= 15 is 0 Å². The molecule has 23 heavy (non-hydrogen) atoms. The minimum absolute atomic E-state index is 0.118. The molecule has 0 radical (unpaired) electrons. The third kappa shape index (κ3) is 4.38. The van der Waals surface area contributed by atoms with E-state index in [0.29, 0.717) is 26.3 Å². The van der Waals surface area contributed by atoms with E-state index < -0.39 is 0 Å². The zero-order valence-corrected chi connectivity index (χ0v) is 14.8. The average Bonchev–Trinajstić information content (AvgIpc) is 2.49. The molecule has 1 aromatic heterocycles. The van der Waals surface area contributed by atoms with Crippen molar-refractivity contribution in [3.63, 3.8) is 0 Å². The summed E-state index contributed by atoms with van der Waals surface area (Å²) in [7, 11) is 0. The molecule has 0 spiro atoms. The first kappa shape index (κ1) is 17.6. The number of rotatable bonds is 4. The van der Waals surface area contributed by atoms with Crippen molar-refractivity contribution >= 4 is 46.6 Å². The Kier molecular flexibility index (Phi) is 5.89. The van der Waals surface area contributed by atoms with Crippen LogP contribution in [0.15, 0.2) is 29.3 Å². The Morgan fingerprint density at radius 3 is 2.83 bits per heavy atom. The highest BCUT2D eigenvalue weighted by molar-refractivity contribution is 8.00. The van der Waals surface area contributed by atoms with Crippen molar-refractivity contribution in [1.82, 2.24) is 4.98 Å². The number of halogens is 2. The maximum Gasteiger partial charge on any atom is 0.234 e. The SMILES string of the molecule is Cc1cc(C)c(C#N)c(SCC(=O)Nc2cccc(Cl)c2Cl)n1. The van der Waals surface area contributed by atoms with E-state index in [9.17, 15) is 10.1 Å². The lowest BCUT2D eigenvalue weighted by Gasteiger charge is -2.09. The van der Waals surface area contributed by atoms with Crippen LogP contribution in [0.2, 0.25) is 10.0 Å². The Hall–Kier alpha value is -1.74. The quantitative estimate of drug-likeness (QED) is 0.803. The van der Waals surface area contributed by atoms with Crippen LogP contribution in [0, 0.1) is 25.2 Å². The molecule has 1 aromatic carbocycles. The lowest BCUT2D eigenvalue weighted by Crippen LogP contribution is -2.14. The third-order valence-corrected chi connectivity index (χ3v) is 4.78. The van der Waals surface area contributed by atoms with E-state index in [2.05, 4.69) is 16.4 Å². The monoisotopic (exact) mass is 365 g/mol. The molecule has 0 saturated heterocycles. The van der Waals surface area contributed by atoms with Gasteiger partial charge in [-0.15, -0.1) is 0 Å². The van der Waals surface area contributed by atoms with Gasteiger partial charge < -0.3 is 5.32 Å². The minimum atomic E-state index is -0.246. The van der Waals surface area contributed by atoms with Crippen molar-refractivity contribution in [3.05, 3.63) is 51.1 Å². The average molecular weight is 366 g/mol. The molecule has 0 unspecified atom stereocenters. The topological polar surface area (TPSA) is 65.8 Å². The summed E-state index contributed by atoms with van der Waals surface area (Å²) in [6.45, 7) is 3.70. The summed E-state index contributed by atoms with van der Waals surface area (Å²) in [6.07, 6.45) is 0. The molecule has 4 nitrogen and oxygen atoms in total. The van der Waals surface area contributed by atoms with Gasteiger partial charge in [-0.1, -0.05) is 41.0 Å².